The number of carboxylic acids is 1. The molecule has 2 aromatic rings. The van der Waals surface area contributed by atoms with Gasteiger partial charge in [0.1, 0.15) is 38.4 Å². The second-order valence-corrected chi connectivity index (χ2v) is 10.8. The zero-order valence-corrected chi connectivity index (χ0v) is 25.9. The summed E-state index contributed by atoms with van der Waals surface area (Å²) in [6.07, 6.45) is 1.02. The van der Waals surface area contributed by atoms with Crippen LogP contribution in [0.3, 0.4) is 0 Å². The van der Waals surface area contributed by atoms with E-state index in [1.54, 1.807) is 0 Å². The third-order valence-corrected chi connectivity index (χ3v) is 7.22. The third kappa shape index (κ3) is 11.7. The number of ether oxygens (including phenoxy) is 3. The fraction of sp³-hybridized carbons (Fsp3) is 0.438. The average Bonchev–Trinajstić information content (AvgIpc) is 3.04. The van der Waals surface area contributed by atoms with Crippen LogP contribution in [0.15, 0.2) is 54.6 Å². The summed E-state index contributed by atoms with van der Waals surface area (Å²) in [5, 5.41) is 13.8. The number of hydrogen-bond donors (Lipinski definition) is 3. The maximum atomic E-state index is 12.2. The molecule has 46 heavy (non-hydrogen) atoms. The molecule has 4 rings (SSSR count). The van der Waals surface area contributed by atoms with Crippen LogP contribution in [0.2, 0.25) is 0 Å². The fourth-order valence-corrected chi connectivity index (χ4v) is 4.77. The van der Waals surface area contributed by atoms with E-state index < -0.39 is 36.2 Å². The number of carbonyl (C=O) groups is 6. The van der Waals surface area contributed by atoms with Gasteiger partial charge in [-0.15, -0.1) is 0 Å². The van der Waals surface area contributed by atoms with Crippen LogP contribution in [0.4, 0.5) is 9.59 Å². The van der Waals surface area contributed by atoms with E-state index in [0.29, 0.717) is 38.8 Å². The van der Waals surface area contributed by atoms with Gasteiger partial charge >= 0.3 is 24.1 Å². The predicted molar refractivity (Wildman–Crippen MR) is 163 cm³/mol. The van der Waals surface area contributed by atoms with Gasteiger partial charge in [0, 0.05) is 13.1 Å². The number of nitrogens with zero attached hydrogens (tertiary/aromatic N) is 2. The molecule has 0 aromatic heterocycles. The van der Waals surface area contributed by atoms with Gasteiger partial charge in [0.2, 0.25) is 11.8 Å². The van der Waals surface area contributed by atoms with Crippen molar-refractivity contribution in [3.63, 3.8) is 0 Å². The minimum absolute atomic E-state index is 0.105. The van der Waals surface area contributed by atoms with E-state index >= 15 is 0 Å². The molecule has 2 aliphatic heterocycles. The Morgan fingerprint density at radius 1 is 0.761 bits per heavy atom. The van der Waals surface area contributed by atoms with Crippen molar-refractivity contribution in [1.29, 1.82) is 0 Å². The van der Waals surface area contributed by atoms with Crippen molar-refractivity contribution >= 4 is 35.9 Å². The number of benzene rings is 2. The molecule has 2 fully saturated rings. The summed E-state index contributed by atoms with van der Waals surface area (Å²) in [6, 6.07) is 15.4. The van der Waals surface area contributed by atoms with Gasteiger partial charge in [-0.2, -0.15) is 0 Å². The number of aryl methyl sites for hydroxylation is 1. The first-order valence-corrected chi connectivity index (χ1v) is 14.9. The van der Waals surface area contributed by atoms with Crippen molar-refractivity contribution < 1.29 is 48.1 Å². The first-order valence-electron chi connectivity index (χ1n) is 14.9. The minimum atomic E-state index is -1.07. The van der Waals surface area contributed by atoms with Gasteiger partial charge in [-0.3, -0.25) is 19.2 Å². The van der Waals surface area contributed by atoms with Crippen LogP contribution in [0.25, 0.3) is 0 Å². The van der Waals surface area contributed by atoms with Crippen LogP contribution < -0.4 is 10.6 Å². The smallest absolute Gasteiger partial charge is 0.408 e. The summed E-state index contributed by atoms with van der Waals surface area (Å²) < 4.78 is 14.8. The van der Waals surface area contributed by atoms with Crippen molar-refractivity contribution in [1.82, 2.24) is 20.4 Å². The predicted octanol–water partition coefficient (Wildman–Crippen LogP) is 2.37. The number of methoxy groups -OCH3 is 1. The number of carbonyl (C=O) groups excluding carboxylic acids is 5. The Bertz CT molecular complexity index is 1350. The van der Waals surface area contributed by atoms with E-state index in [4.69, 9.17) is 14.6 Å². The zero-order valence-electron chi connectivity index (χ0n) is 25.9. The van der Waals surface area contributed by atoms with E-state index in [-0.39, 0.29) is 38.1 Å². The molecule has 0 bridgehead atoms. The Hall–Kier alpha value is -5.14. The number of likely N-dealkylation sites (tertiary alicyclic amines) is 2. The van der Waals surface area contributed by atoms with E-state index in [1.807, 2.05) is 61.5 Å². The quantitative estimate of drug-likeness (QED) is 0.258. The van der Waals surface area contributed by atoms with Crippen LogP contribution in [-0.4, -0.2) is 96.2 Å². The van der Waals surface area contributed by atoms with Crippen molar-refractivity contribution in [2.24, 2.45) is 0 Å². The SMILES string of the molecule is COC(=O)CN1CCC[C@@H](NC(=O)OCc2ccccc2)C1=O.Cc1ccc(COC(=O)N[C@@H]2CCCN(CC(=O)O)C2=O)cc1. The van der Waals surface area contributed by atoms with Crippen LogP contribution in [0, 0.1) is 6.92 Å². The number of amides is 4. The standard InChI is InChI=1S/2C16H20N2O5/c1-11-4-6-12(7-5-11)10-23-16(22)17-13-3-2-8-18(15(13)21)9-14(19)20;1-22-14(19)10-18-9-5-8-13(15(18)20)17-16(21)23-11-12-6-3-2-4-7-12/h4-7,13H,2-3,8-10H2,1H3,(H,17,22)(H,19,20);2-4,6-7,13H,5,8-11H2,1H3,(H,17,21)/t2*13-/m11/s1. The number of esters is 1. The molecular weight excluding hydrogens is 600 g/mol. The van der Waals surface area contributed by atoms with Crippen LogP contribution in [-0.2, 0) is 46.6 Å². The molecule has 0 aliphatic carbocycles. The van der Waals surface area contributed by atoms with Gasteiger partial charge < -0.3 is 39.8 Å². The molecular formula is C32H40N4O10. The average molecular weight is 641 g/mol. The number of piperidine rings is 2. The minimum Gasteiger partial charge on any atom is -0.480 e. The number of nitrogens with one attached hydrogen (secondary N) is 2. The molecule has 4 amide bonds. The summed E-state index contributed by atoms with van der Waals surface area (Å²) in [5.74, 6) is -2.23. The highest BCUT2D eigenvalue weighted by atomic mass is 16.6. The lowest BCUT2D eigenvalue weighted by molar-refractivity contribution is -0.148. The lowest BCUT2D eigenvalue weighted by Gasteiger charge is -2.31. The highest BCUT2D eigenvalue weighted by Crippen LogP contribution is 2.14. The van der Waals surface area contributed by atoms with Crippen molar-refractivity contribution in [3.05, 3.63) is 71.3 Å². The highest BCUT2D eigenvalue weighted by Gasteiger charge is 2.32. The van der Waals surface area contributed by atoms with E-state index in [0.717, 1.165) is 16.7 Å². The first kappa shape index (κ1) is 35.3. The number of aliphatic carboxylic acids is 1. The summed E-state index contributed by atoms with van der Waals surface area (Å²) >= 11 is 0. The first-order chi connectivity index (χ1) is 22.0. The van der Waals surface area contributed by atoms with E-state index in [1.165, 1.54) is 16.9 Å². The van der Waals surface area contributed by atoms with Crippen LogP contribution >= 0.6 is 0 Å². The Balaban J connectivity index is 0.000000250. The second-order valence-electron chi connectivity index (χ2n) is 10.8. The van der Waals surface area contributed by atoms with E-state index in [2.05, 4.69) is 15.4 Å². The van der Waals surface area contributed by atoms with Gasteiger partial charge in [0.15, 0.2) is 0 Å². The van der Waals surface area contributed by atoms with Gasteiger partial charge in [-0.1, -0.05) is 60.2 Å². The van der Waals surface area contributed by atoms with Gasteiger partial charge in [-0.05, 0) is 43.7 Å². The van der Waals surface area contributed by atoms with Crippen LogP contribution in [0.5, 0.6) is 0 Å². The van der Waals surface area contributed by atoms with Gasteiger partial charge in [0.25, 0.3) is 0 Å². The highest BCUT2D eigenvalue weighted by molar-refractivity contribution is 5.89. The summed E-state index contributed by atoms with van der Waals surface area (Å²) in [4.78, 5) is 72.6. The molecule has 0 unspecified atom stereocenters. The molecule has 14 heteroatoms. The van der Waals surface area contributed by atoms with Crippen molar-refractivity contribution in [2.75, 3.05) is 33.3 Å². The number of alkyl carbamates (subject to hydrolysis) is 2. The Kier molecular flexibility index (Phi) is 13.8. The summed E-state index contributed by atoms with van der Waals surface area (Å²) in [5.41, 5.74) is 2.84. The lowest BCUT2D eigenvalue weighted by atomic mass is 10.1. The summed E-state index contributed by atoms with van der Waals surface area (Å²) in [7, 11) is 1.27. The molecule has 0 spiro atoms. The van der Waals surface area contributed by atoms with E-state index in [9.17, 15) is 28.8 Å². The maximum Gasteiger partial charge on any atom is 0.408 e. The zero-order chi connectivity index (χ0) is 33.5. The molecule has 2 heterocycles. The third-order valence-electron chi connectivity index (χ3n) is 7.22. The molecule has 0 radical (unpaired) electrons. The Morgan fingerprint density at radius 2 is 1.24 bits per heavy atom. The van der Waals surface area contributed by atoms with Gasteiger partial charge in [-0.25, -0.2) is 9.59 Å². The molecule has 248 valence electrons. The Labute approximate surface area is 267 Å². The molecule has 2 atom stereocenters. The second kappa shape index (κ2) is 18.0. The van der Waals surface area contributed by atoms with Crippen LogP contribution in [0.1, 0.15) is 42.4 Å². The molecule has 3 N–H and O–H groups in total. The number of hydrogen-bond acceptors (Lipinski definition) is 9. The molecule has 2 saturated heterocycles. The molecule has 2 aromatic carbocycles. The van der Waals surface area contributed by atoms with Gasteiger partial charge in [0.05, 0.1) is 7.11 Å². The lowest BCUT2D eigenvalue weighted by Crippen LogP contribution is -2.53. The fourth-order valence-electron chi connectivity index (χ4n) is 4.77. The topological polar surface area (TPSA) is 181 Å². The number of carboxylic acid groups (broad SMARTS) is 1. The van der Waals surface area contributed by atoms with Crippen molar-refractivity contribution in [2.45, 2.75) is 57.9 Å². The normalized spacial score (nSPS) is 17.6. The monoisotopic (exact) mass is 640 g/mol. The Morgan fingerprint density at radius 3 is 1.72 bits per heavy atom. The molecule has 14 nitrogen and oxygen atoms in total. The number of rotatable bonds is 10. The largest absolute Gasteiger partial charge is 0.480 e. The molecule has 2 aliphatic rings. The molecule has 0 saturated carbocycles. The maximum absolute atomic E-state index is 12.2. The summed E-state index contributed by atoms with van der Waals surface area (Å²) in [6.45, 7) is 2.63. The van der Waals surface area contributed by atoms with Crippen molar-refractivity contribution in [3.8, 4) is 0 Å².